The van der Waals surface area contributed by atoms with Crippen molar-refractivity contribution in [3.8, 4) is 0 Å². The Morgan fingerprint density at radius 2 is 2.21 bits per heavy atom. The third kappa shape index (κ3) is 2.65. The number of carbonyl (C=O) groups is 1. The van der Waals surface area contributed by atoms with E-state index in [-0.39, 0.29) is 5.91 Å². The normalized spacial score (nSPS) is 15.6. The maximum Gasteiger partial charge on any atom is 0.292 e. The molecule has 1 fully saturated rings. The van der Waals surface area contributed by atoms with E-state index in [1.165, 1.54) is 12.8 Å². The van der Waals surface area contributed by atoms with Crippen LogP contribution in [0.3, 0.4) is 0 Å². The molecular weight excluding hydrogens is 370 g/mol. The number of benzene rings is 1. The summed E-state index contributed by atoms with van der Waals surface area (Å²) in [5.74, 6) is 1.46. The SMILES string of the molecule is Cc1c(C(=O)Nc2ccnn2C(C)C2CC2)oc2ccc(Br)cc12. The predicted molar refractivity (Wildman–Crippen MR) is 96.3 cm³/mol. The van der Waals surface area contributed by atoms with Crippen LogP contribution in [0.15, 0.2) is 39.4 Å². The van der Waals surface area contributed by atoms with Crippen LogP contribution in [0.5, 0.6) is 0 Å². The second-order valence-electron chi connectivity index (χ2n) is 6.39. The Labute approximate surface area is 148 Å². The second-order valence-corrected chi connectivity index (χ2v) is 7.31. The zero-order valence-corrected chi connectivity index (χ0v) is 15.1. The molecule has 2 heterocycles. The fourth-order valence-corrected chi connectivity index (χ4v) is 3.46. The van der Waals surface area contributed by atoms with Crippen molar-refractivity contribution in [2.24, 2.45) is 5.92 Å². The molecule has 3 aromatic rings. The number of carbonyl (C=O) groups excluding carboxylic acids is 1. The first-order valence-corrected chi connectivity index (χ1v) is 8.87. The van der Waals surface area contributed by atoms with Crippen molar-refractivity contribution in [3.63, 3.8) is 0 Å². The number of anilines is 1. The number of nitrogens with one attached hydrogen (secondary N) is 1. The highest BCUT2D eigenvalue weighted by Crippen LogP contribution is 2.40. The van der Waals surface area contributed by atoms with Gasteiger partial charge in [-0.25, -0.2) is 4.68 Å². The van der Waals surface area contributed by atoms with Gasteiger partial charge in [0.1, 0.15) is 11.4 Å². The van der Waals surface area contributed by atoms with Crippen molar-refractivity contribution in [1.29, 1.82) is 0 Å². The maximum absolute atomic E-state index is 12.7. The standard InChI is InChI=1S/C18H18BrN3O2/c1-10-14-9-13(19)5-6-15(14)24-17(10)18(23)21-16-7-8-20-22(16)11(2)12-3-4-12/h5-9,11-12H,3-4H2,1-2H3,(H,21,23). The Kier molecular flexibility index (Phi) is 3.72. The van der Waals surface area contributed by atoms with Gasteiger partial charge in [0.05, 0.1) is 12.2 Å². The summed E-state index contributed by atoms with van der Waals surface area (Å²) in [5, 5.41) is 8.25. The van der Waals surface area contributed by atoms with Crippen molar-refractivity contribution in [3.05, 3.63) is 46.3 Å². The zero-order valence-electron chi connectivity index (χ0n) is 13.5. The van der Waals surface area contributed by atoms with Gasteiger partial charge < -0.3 is 9.73 Å². The summed E-state index contributed by atoms with van der Waals surface area (Å²) >= 11 is 3.45. The Morgan fingerprint density at radius 3 is 2.96 bits per heavy atom. The van der Waals surface area contributed by atoms with Crippen molar-refractivity contribution in [2.45, 2.75) is 32.7 Å². The van der Waals surface area contributed by atoms with Gasteiger partial charge in [0.25, 0.3) is 5.91 Å². The Bertz CT molecular complexity index is 924. The number of furan rings is 1. The number of aryl methyl sites for hydroxylation is 1. The fraction of sp³-hybridized carbons (Fsp3) is 0.333. The molecule has 0 spiro atoms. The molecule has 1 unspecified atom stereocenters. The fourth-order valence-electron chi connectivity index (χ4n) is 3.10. The van der Waals surface area contributed by atoms with Crippen molar-refractivity contribution in [2.75, 3.05) is 5.32 Å². The average molecular weight is 388 g/mol. The summed E-state index contributed by atoms with van der Waals surface area (Å²) in [7, 11) is 0. The molecule has 0 aliphatic heterocycles. The second kappa shape index (κ2) is 5.77. The molecule has 1 N–H and O–H groups in total. The number of hydrogen-bond acceptors (Lipinski definition) is 3. The van der Waals surface area contributed by atoms with Crippen LogP contribution < -0.4 is 5.32 Å². The maximum atomic E-state index is 12.7. The summed E-state index contributed by atoms with van der Waals surface area (Å²) in [6, 6.07) is 7.85. The Hall–Kier alpha value is -2.08. The first-order valence-electron chi connectivity index (χ1n) is 8.08. The smallest absolute Gasteiger partial charge is 0.292 e. The van der Waals surface area contributed by atoms with Crippen LogP contribution in [0, 0.1) is 12.8 Å². The van der Waals surface area contributed by atoms with E-state index in [0.717, 1.165) is 15.4 Å². The average Bonchev–Trinajstić information content (AvgIpc) is 3.23. The van der Waals surface area contributed by atoms with Crippen LogP contribution in [0.2, 0.25) is 0 Å². The number of rotatable bonds is 4. The van der Waals surface area contributed by atoms with Gasteiger partial charge in [-0.3, -0.25) is 4.79 Å². The molecule has 1 aliphatic rings. The molecule has 5 nitrogen and oxygen atoms in total. The first kappa shape index (κ1) is 15.4. The monoisotopic (exact) mass is 387 g/mol. The lowest BCUT2D eigenvalue weighted by Gasteiger charge is -2.15. The lowest BCUT2D eigenvalue weighted by atomic mass is 10.1. The Morgan fingerprint density at radius 1 is 1.42 bits per heavy atom. The number of aromatic nitrogens is 2. The van der Waals surface area contributed by atoms with Gasteiger partial charge in [-0.15, -0.1) is 0 Å². The molecule has 0 radical (unpaired) electrons. The zero-order chi connectivity index (χ0) is 16.8. The number of amides is 1. The van der Waals surface area contributed by atoms with Crippen LogP contribution in [-0.2, 0) is 0 Å². The predicted octanol–water partition coefficient (Wildman–Crippen LogP) is 4.92. The lowest BCUT2D eigenvalue weighted by Crippen LogP contribution is -2.18. The summed E-state index contributed by atoms with van der Waals surface area (Å²) in [4.78, 5) is 12.7. The van der Waals surface area contributed by atoms with E-state index in [4.69, 9.17) is 4.42 Å². The number of nitrogens with zero attached hydrogens (tertiary/aromatic N) is 2. The number of halogens is 1. The highest BCUT2D eigenvalue weighted by atomic mass is 79.9. The molecule has 4 rings (SSSR count). The Balaban J connectivity index is 1.63. The van der Waals surface area contributed by atoms with Gasteiger partial charge in [-0.1, -0.05) is 15.9 Å². The minimum atomic E-state index is -0.246. The van der Waals surface area contributed by atoms with Gasteiger partial charge in [0.15, 0.2) is 5.76 Å². The van der Waals surface area contributed by atoms with Crippen LogP contribution in [-0.4, -0.2) is 15.7 Å². The molecule has 24 heavy (non-hydrogen) atoms. The molecule has 124 valence electrons. The molecule has 1 aliphatic carbocycles. The highest BCUT2D eigenvalue weighted by molar-refractivity contribution is 9.10. The van der Waals surface area contributed by atoms with E-state index in [1.54, 1.807) is 6.20 Å². The number of fused-ring (bicyclic) bond motifs is 1. The van der Waals surface area contributed by atoms with Crippen LogP contribution in [0.1, 0.15) is 41.9 Å². The highest BCUT2D eigenvalue weighted by Gasteiger charge is 2.31. The van der Waals surface area contributed by atoms with Gasteiger partial charge in [0, 0.05) is 21.5 Å². The first-order chi connectivity index (χ1) is 11.5. The summed E-state index contributed by atoms with van der Waals surface area (Å²) in [5.41, 5.74) is 1.55. The molecule has 0 saturated heterocycles. The minimum absolute atomic E-state index is 0.246. The third-order valence-electron chi connectivity index (χ3n) is 4.71. The molecular formula is C18H18BrN3O2. The summed E-state index contributed by atoms with van der Waals surface area (Å²) < 4.78 is 8.62. The molecule has 1 atom stereocenters. The molecule has 1 amide bonds. The van der Waals surface area contributed by atoms with Crippen molar-refractivity contribution in [1.82, 2.24) is 9.78 Å². The van der Waals surface area contributed by atoms with Gasteiger partial charge in [-0.2, -0.15) is 5.10 Å². The summed E-state index contributed by atoms with van der Waals surface area (Å²) in [6.45, 7) is 4.04. The number of hydrogen-bond donors (Lipinski definition) is 1. The topological polar surface area (TPSA) is 60.1 Å². The molecule has 2 aromatic heterocycles. The van der Waals surface area contributed by atoms with Crippen LogP contribution in [0.4, 0.5) is 5.82 Å². The van der Waals surface area contributed by atoms with Gasteiger partial charge in [0.2, 0.25) is 0 Å². The van der Waals surface area contributed by atoms with E-state index in [0.29, 0.717) is 29.1 Å². The van der Waals surface area contributed by atoms with Crippen LogP contribution in [0.25, 0.3) is 11.0 Å². The van der Waals surface area contributed by atoms with E-state index in [9.17, 15) is 4.79 Å². The molecule has 0 bridgehead atoms. The van der Waals surface area contributed by atoms with Gasteiger partial charge in [-0.05, 0) is 50.8 Å². The largest absolute Gasteiger partial charge is 0.451 e. The summed E-state index contributed by atoms with van der Waals surface area (Å²) in [6.07, 6.45) is 4.18. The third-order valence-corrected chi connectivity index (χ3v) is 5.20. The van der Waals surface area contributed by atoms with Crippen molar-refractivity contribution < 1.29 is 9.21 Å². The minimum Gasteiger partial charge on any atom is -0.451 e. The van der Waals surface area contributed by atoms with E-state index in [1.807, 2.05) is 35.9 Å². The van der Waals surface area contributed by atoms with E-state index >= 15 is 0 Å². The molecule has 1 aromatic carbocycles. The van der Waals surface area contributed by atoms with E-state index < -0.39 is 0 Å². The van der Waals surface area contributed by atoms with Crippen LogP contribution >= 0.6 is 15.9 Å². The molecule has 6 heteroatoms. The lowest BCUT2D eigenvalue weighted by molar-refractivity contribution is 0.0996. The molecule has 1 saturated carbocycles. The van der Waals surface area contributed by atoms with Gasteiger partial charge >= 0.3 is 0 Å². The van der Waals surface area contributed by atoms with E-state index in [2.05, 4.69) is 33.3 Å². The van der Waals surface area contributed by atoms with Crippen molar-refractivity contribution >= 4 is 38.6 Å². The quantitative estimate of drug-likeness (QED) is 0.690.